The van der Waals surface area contributed by atoms with E-state index in [1.165, 1.54) is 44.6 Å². The van der Waals surface area contributed by atoms with Gasteiger partial charge in [0, 0.05) is 13.6 Å². The number of rotatable bonds is 4. The number of nitrogens with zero attached hydrogens (tertiary/aromatic N) is 1. The average Bonchev–Trinajstić information content (AvgIpc) is 2.65. The first kappa shape index (κ1) is 14.7. The molecule has 1 aromatic rings. The van der Waals surface area contributed by atoms with Gasteiger partial charge in [-0.1, -0.05) is 37.8 Å². The summed E-state index contributed by atoms with van der Waals surface area (Å²) in [5.74, 6) is 0.763. The molecule has 0 N–H and O–H groups in total. The van der Waals surface area contributed by atoms with Crippen LogP contribution < -0.4 is 4.90 Å². The second kappa shape index (κ2) is 6.65. The topological polar surface area (TPSA) is 3.24 Å². The number of benzene rings is 1. The van der Waals surface area contributed by atoms with Crippen molar-refractivity contribution < 1.29 is 4.39 Å². The van der Waals surface area contributed by atoms with Gasteiger partial charge in [-0.2, -0.15) is 12.6 Å². The Bertz CT molecular complexity index is 399. The fraction of sp³-hybridized carbons (Fsp3) is 0.625. The monoisotopic (exact) mass is 281 g/mol. The summed E-state index contributed by atoms with van der Waals surface area (Å²) < 4.78 is 13.8. The van der Waals surface area contributed by atoms with E-state index in [4.69, 9.17) is 0 Å². The normalized spacial score (nSPS) is 18.9. The molecule has 0 aliphatic heterocycles. The van der Waals surface area contributed by atoms with Crippen LogP contribution in [0.4, 0.5) is 10.1 Å². The molecule has 0 radical (unpaired) electrons. The molecule has 2 rings (SSSR count). The molecule has 19 heavy (non-hydrogen) atoms. The van der Waals surface area contributed by atoms with Crippen molar-refractivity contribution in [3.8, 4) is 0 Å². The van der Waals surface area contributed by atoms with E-state index in [0.717, 1.165) is 12.3 Å². The molecule has 3 heteroatoms. The van der Waals surface area contributed by atoms with E-state index in [1.54, 1.807) is 6.07 Å². The van der Waals surface area contributed by atoms with Crippen LogP contribution in [-0.4, -0.2) is 19.3 Å². The number of hydrogen-bond acceptors (Lipinski definition) is 2. The van der Waals surface area contributed by atoms with Crippen LogP contribution in [0.25, 0.3) is 0 Å². The third kappa shape index (κ3) is 3.65. The Morgan fingerprint density at radius 3 is 2.37 bits per heavy atom. The molecule has 1 nitrogen and oxygen atoms in total. The van der Waals surface area contributed by atoms with Crippen LogP contribution in [0.5, 0.6) is 0 Å². The molecule has 0 heterocycles. The fourth-order valence-electron chi connectivity index (χ4n) is 3.19. The van der Waals surface area contributed by atoms with Crippen molar-refractivity contribution in [2.24, 2.45) is 5.41 Å². The maximum Gasteiger partial charge on any atom is 0.146 e. The van der Waals surface area contributed by atoms with Crippen molar-refractivity contribution >= 4 is 18.3 Å². The average molecular weight is 281 g/mol. The minimum Gasteiger partial charge on any atom is -0.372 e. The van der Waals surface area contributed by atoms with Crippen LogP contribution >= 0.6 is 12.6 Å². The van der Waals surface area contributed by atoms with Crippen molar-refractivity contribution in [3.63, 3.8) is 0 Å². The van der Waals surface area contributed by atoms with Gasteiger partial charge in [0.15, 0.2) is 0 Å². The zero-order valence-electron chi connectivity index (χ0n) is 11.7. The SMILES string of the molecule is CN(CC1(CS)CCCCCC1)c1ccccc1F. The van der Waals surface area contributed by atoms with E-state index >= 15 is 0 Å². The highest BCUT2D eigenvalue weighted by atomic mass is 32.1. The van der Waals surface area contributed by atoms with E-state index in [2.05, 4.69) is 17.5 Å². The molecule has 0 amide bonds. The molecule has 0 unspecified atom stereocenters. The molecule has 0 spiro atoms. The Hall–Kier alpha value is -0.700. The van der Waals surface area contributed by atoms with Gasteiger partial charge >= 0.3 is 0 Å². The third-order valence-corrected chi connectivity index (χ3v) is 5.01. The number of anilines is 1. The summed E-state index contributed by atoms with van der Waals surface area (Å²) in [5.41, 5.74) is 0.948. The first-order valence-electron chi connectivity index (χ1n) is 7.23. The summed E-state index contributed by atoms with van der Waals surface area (Å²) in [7, 11) is 1.99. The van der Waals surface area contributed by atoms with Crippen molar-refractivity contribution in [2.75, 3.05) is 24.2 Å². The van der Waals surface area contributed by atoms with Crippen LogP contribution in [0.1, 0.15) is 38.5 Å². The quantitative estimate of drug-likeness (QED) is 0.627. The van der Waals surface area contributed by atoms with Crippen molar-refractivity contribution in [3.05, 3.63) is 30.1 Å². The second-order valence-electron chi connectivity index (χ2n) is 5.88. The van der Waals surface area contributed by atoms with E-state index in [0.29, 0.717) is 5.69 Å². The number of thiol groups is 1. The molecule has 106 valence electrons. The molecule has 1 aliphatic rings. The minimum atomic E-state index is -0.132. The van der Waals surface area contributed by atoms with Gasteiger partial charge in [-0.3, -0.25) is 0 Å². The number of para-hydroxylation sites is 1. The Morgan fingerprint density at radius 1 is 1.16 bits per heavy atom. The van der Waals surface area contributed by atoms with Crippen LogP contribution in [0.15, 0.2) is 24.3 Å². The fourth-order valence-corrected chi connectivity index (χ4v) is 3.61. The highest BCUT2D eigenvalue weighted by Gasteiger charge is 2.31. The molecular formula is C16H24FNS. The van der Waals surface area contributed by atoms with Gasteiger partial charge in [-0.25, -0.2) is 4.39 Å². The Balaban J connectivity index is 2.11. The minimum absolute atomic E-state index is 0.132. The lowest BCUT2D eigenvalue weighted by Gasteiger charge is -2.36. The molecular weight excluding hydrogens is 257 g/mol. The first-order valence-corrected chi connectivity index (χ1v) is 7.87. The maximum absolute atomic E-state index is 13.8. The first-order chi connectivity index (χ1) is 9.17. The smallest absolute Gasteiger partial charge is 0.146 e. The van der Waals surface area contributed by atoms with Gasteiger partial charge in [-0.15, -0.1) is 0 Å². The van der Waals surface area contributed by atoms with Gasteiger partial charge in [0.2, 0.25) is 0 Å². The highest BCUT2D eigenvalue weighted by molar-refractivity contribution is 7.80. The third-order valence-electron chi connectivity index (χ3n) is 4.34. The molecule has 1 fully saturated rings. The van der Waals surface area contributed by atoms with Crippen molar-refractivity contribution in [2.45, 2.75) is 38.5 Å². The molecule has 1 saturated carbocycles. The summed E-state index contributed by atoms with van der Waals surface area (Å²) in [5, 5.41) is 0. The van der Waals surface area contributed by atoms with Gasteiger partial charge in [0.05, 0.1) is 5.69 Å². The second-order valence-corrected chi connectivity index (χ2v) is 6.20. The van der Waals surface area contributed by atoms with E-state index in [1.807, 2.05) is 19.2 Å². The molecule has 1 aliphatic carbocycles. The van der Waals surface area contributed by atoms with Gasteiger partial charge in [0.25, 0.3) is 0 Å². The number of hydrogen-bond donors (Lipinski definition) is 1. The largest absolute Gasteiger partial charge is 0.372 e. The summed E-state index contributed by atoms with van der Waals surface area (Å²) in [6.07, 6.45) is 7.67. The summed E-state index contributed by atoms with van der Waals surface area (Å²) in [6.45, 7) is 0.900. The molecule has 0 aromatic heterocycles. The lowest BCUT2D eigenvalue weighted by molar-refractivity contribution is 0.293. The van der Waals surface area contributed by atoms with Crippen LogP contribution in [-0.2, 0) is 0 Å². The number of halogens is 1. The molecule has 0 bridgehead atoms. The lowest BCUT2D eigenvalue weighted by Crippen LogP contribution is -2.37. The molecule has 0 atom stereocenters. The summed E-state index contributed by atoms with van der Waals surface area (Å²) in [4.78, 5) is 2.07. The maximum atomic E-state index is 13.8. The summed E-state index contributed by atoms with van der Waals surface area (Å²) >= 11 is 4.59. The zero-order chi connectivity index (χ0) is 13.7. The van der Waals surface area contributed by atoms with Crippen molar-refractivity contribution in [1.29, 1.82) is 0 Å². The van der Waals surface area contributed by atoms with Gasteiger partial charge in [0.1, 0.15) is 5.82 Å². The van der Waals surface area contributed by atoms with E-state index in [-0.39, 0.29) is 11.2 Å². The lowest BCUT2D eigenvalue weighted by atomic mass is 9.81. The standard InChI is InChI=1S/C16H24FNS/c1-18(15-9-5-4-8-14(15)17)12-16(13-19)10-6-2-3-7-11-16/h4-5,8-9,19H,2-3,6-7,10-13H2,1H3. The highest BCUT2D eigenvalue weighted by Crippen LogP contribution is 2.37. The van der Waals surface area contributed by atoms with Crippen LogP contribution in [0, 0.1) is 11.2 Å². The predicted molar refractivity (Wildman–Crippen MR) is 83.7 cm³/mol. The van der Waals surface area contributed by atoms with Crippen molar-refractivity contribution in [1.82, 2.24) is 0 Å². The van der Waals surface area contributed by atoms with Gasteiger partial charge in [-0.05, 0) is 36.1 Å². The Labute approximate surface area is 121 Å². The van der Waals surface area contributed by atoms with Crippen LogP contribution in [0.3, 0.4) is 0 Å². The Morgan fingerprint density at radius 2 is 1.79 bits per heavy atom. The summed E-state index contributed by atoms with van der Waals surface area (Å²) in [6, 6.07) is 7.03. The van der Waals surface area contributed by atoms with E-state index in [9.17, 15) is 4.39 Å². The van der Waals surface area contributed by atoms with Gasteiger partial charge < -0.3 is 4.90 Å². The predicted octanol–water partition coefficient (Wildman–Crippen LogP) is 4.53. The Kier molecular flexibility index (Phi) is 5.14. The zero-order valence-corrected chi connectivity index (χ0v) is 12.6. The van der Waals surface area contributed by atoms with E-state index < -0.39 is 0 Å². The molecule has 0 saturated heterocycles. The molecule has 1 aromatic carbocycles. The van der Waals surface area contributed by atoms with Crippen LogP contribution in [0.2, 0.25) is 0 Å².